The number of carbonyl (C=O) groups excluding carboxylic acids is 2. The highest BCUT2D eigenvalue weighted by Gasteiger charge is 2.24. The van der Waals surface area contributed by atoms with Crippen LogP contribution in [0.5, 0.6) is 0 Å². The van der Waals surface area contributed by atoms with E-state index >= 15 is 0 Å². The molecule has 0 spiro atoms. The average molecular weight is 238 g/mol. The predicted molar refractivity (Wildman–Crippen MR) is 65.4 cm³/mol. The number of amides is 2. The van der Waals surface area contributed by atoms with Gasteiger partial charge in [-0.15, -0.1) is 0 Å². The fourth-order valence-electron chi connectivity index (χ4n) is 2.81. The van der Waals surface area contributed by atoms with Gasteiger partial charge in [-0.3, -0.25) is 9.59 Å². The van der Waals surface area contributed by atoms with Crippen LogP contribution in [-0.4, -0.2) is 24.4 Å². The summed E-state index contributed by atoms with van der Waals surface area (Å²) >= 11 is 0. The summed E-state index contributed by atoms with van der Waals surface area (Å²) in [6.07, 6.45) is 8.48. The van der Waals surface area contributed by atoms with Crippen LogP contribution in [0.15, 0.2) is 0 Å². The lowest BCUT2D eigenvalue weighted by Gasteiger charge is -2.23. The van der Waals surface area contributed by atoms with Crippen LogP contribution < -0.4 is 10.6 Å². The number of hydrogen-bond donors (Lipinski definition) is 2. The van der Waals surface area contributed by atoms with Crippen molar-refractivity contribution in [1.82, 2.24) is 10.6 Å². The van der Waals surface area contributed by atoms with E-state index < -0.39 is 0 Å². The van der Waals surface area contributed by atoms with Gasteiger partial charge in [0.25, 0.3) is 0 Å². The topological polar surface area (TPSA) is 58.2 Å². The van der Waals surface area contributed by atoms with Gasteiger partial charge >= 0.3 is 0 Å². The lowest BCUT2D eigenvalue weighted by atomic mass is 10.0. The van der Waals surface area contributed by atoms with Crippen molar-refractivity contribution in [3.05, 3.63) is 0 Å². The maximum Gasteiger partial charge on any atom is 0.242 e. The molecule has 96 valence electrons. The Kier molecular flexibility index (Phi) is 4.40. The van der Waals surface area contributed by atoms with E-state index in [9.17, 15) is 9.59 Å². The molecule has 1 saturated carbocycles. The van der Waals surface area contributed by atoms with E-state index in [0.717, 1.165) is 31.7 Å². The summed E-state index contributed by atoms with van der Waals surface area (Å²) in [5.74, 6) is 0.755. The molecular formula is C13H22N2O2. The summed E-state index contributed by atoms with van der Waals surface area (Å²) in [6, 6.07) is -0.292. The summed E-state index contributed by atoms with van der Waals surface area (Å²) in [6.45, 7) is 0.743. The van der Waals surface area contributed by atoms with E-state index in [1.807, 2.05) is 0 Å². The van der Waals surface area contributed by atoms with Gasteiger partial charge < -0.3 is 10.6 Å². The first kappa shape index (κ1) is 12.4. The minimum Gasteiger partial charge on any atom is -0.354 e. The van der Waals surface area contributed by atoms with Gasteiger partial charge in [-0.2, -0.15) is 0 Å². The normalized spacial score (nSPS) is 25.6. The second-order valence-corrected chi connectivity index (χ2v) is 5.24. The van der Waals surface area contributed by atoms with Crippen molar-refractivity contribution in [3.63, 3.8) is 0 Å². The van der Waals surface area contributed by atoms with Crippen LogP contribution >= 0.6 is 0 Å². The fraction of sp³-hybridized carbons (Fsp3) is 0.846. The molecule has 4 nitrogen and oxygen atoms in total. The Balaban J connectivity index is 1.67. The Morgan fingerprint density at radius 2 is 2.00 bits per heavy atom. The van der Waals surface area contributed by atoms with Crippen molar-refractivity contribution in [2.24, 2.45) is 5.92 Å². The first-order valence-electron chi connectivity index (χ1n) is 6.83. The molecule has 0 radical (unpaired) electrons. The van der Waals surface area contributed by atoms with Crippen molar-refractivity contribution >= 4 is 11.8 Å². The third-order valence-electron chi connectivity index (χ3n) is 3.87. The first-order valence-corrected chi connectivity index (χ1v) is 6.83. The second-order valence-electron chi connectivity index (χ2n) is 5.24. The van der Waals surface area contributed by atoms with Crippen LogP contribution in [0.3, 0.4) is 0 Å². The van der Waals surface area contributed by atoms with Crippen molar-refractivity contribution in [2.75, 3.05) is 6.54 Å². The second kappa shape index (κ2) is 6.03. The molecule has 2 N–H and O–H groups in total. The summed E-state index contributed by atoms with van der Waals surface area (Å²) in [5.41, 5.74) is 0. The third-order valence-corrected chi connectivity index (χ3v) is 3.87. The molecule has 4 heteroatoms. The molecule has 1 unspecified atom stereocenters. The summed E-state index contributed by atoms with van der Waals surface area (Å²) in [7, 11) is 0. The number of piperidine rings is 1. The van der Waals surface area contributed by atoms with Crippen LogP contribution in [0.25, 0.3) is 0 Å². The highest BCUT2D eigenvalue weighted by atomic mass is 16.2. The van der Waals surface area contributed by atoms with Crippen LogP contribution in [0, 0.1) is 5.92 Å². The van der Waals surface area contributed by atoms with Crippen molar-refractivity contribution in [3.8, 4) is 0 Å². The van der Waals surface area contributed by atoms with Gasteiger partial charge in [0.15, 0.2) is 0 Å². The Hall–Kier alpha value is -1.06. The Bertz CT molecular complexity index is 285. The minimum atomic E-state index is -0.292. The number of nitrogens with one attached hydrogen (secondary N) is 2. The van der Waals surface area contributed by atoms with E-state index in [4.69, 9.17) is 0 Å². The fourth-order valence-corrected chi connectivity index (χ4v) is 2.81. The van der Waals surface area contributed by atoms with Crippen molar-refractivity contribution in [1.29, 1.82) is 0 Å². The Labute approximate surface area is 103 Å². The molecule has 0 bridgehead atoms. The van der Waals surface area contributed by atoms with Crippen LogP contribution in [0.2, 0.25) is 0 Å². The highest BCUT2D eigenvalue weighted by molar-refractivity contribution is 5.88. The number of carbonyl (C=O) groups is 2. The van der Waals surface area contributed by atoms with E-state index in [0.29, 0.717) is 6.42 Å². The standard InChI is InChI=1S/C13H22N2O2/c16-12(8-7-10-4-1-2-5-10)15-11-6-3-9-14-13(11)17/h10-11H,1-9H2,(H,14,17)(H,15,16). The lowest BCUT2D eigenvalue weighted by molar-refractivity contribution is -0.130. The molecular weight excluding hydrogens is 216 g/mol. The van der Waals surface area contributed by atoms with Gasteiger partial charge in [0, 0.05) is 13.0 Å². The summed E-state index contributed by atoms with van der Waals surface area (Å²) in [5, 5.41) is 5.62. The molecule has 17 heavy (non-hydrogen) atoms. The SMILES string of the molecule is O=C(CCC1CCCC1)NC1CCCNC1=O. The predicted octanol–water partition coefficient (Wildman–Crippen LogP) is 1.35. The number of rotatable bonds is 4. The highest BCUT2D eigenvalue weighted by Crippen LogP contribution is 2.28. The monoisotopic (exact) mass is 238 g/mol. The zero-order valence-corrected chi connectivity index (χ0v) is 10.3. The van der Waals surface area contributed by atoms with Crippen LogP contribution in [0.4, 0.5) is 0 Å². The Morgan fingerprint density at radius 1 is 1.24 bits per heavy atom. The van der Waals surface area contributed by atoms with Crippen LogP contribution in [-0.2, 0) is 9.59 Å². The molecule has 1 aliphatic heterocycles. The molecule has 2 fully saturated rings. The Morgan fingerprint density at radius 3 is 2.71 bits per heavy atom. The maximum atomic E-state index is 11.7. The smallest absolute Gasteiger partial charge is 0.242 e. The number of hydrogen-bond acceptors (Lipinski definition) is 2. The molecule has 2 rings (SSSR count). The molecule has 0 aromatic carbocycles. The van der Waals surface area contributed by atoms with E-state index in [1.165, 1.54) is 25.7 Å². The molecule has 1 aliphatic carbocycles. The van der Waals surface area contributed by atoms with Gasteiger partial charge in [-0.05, 0) is 25.2 Å². The van der Waals surface area contributed by atoms with Gasteiger partial charge in [0.05, 0.1) is 0 Å². The van der Waals surface area contributed by atoms with Gasteiger partial charge in [0.1, 0.15) is 6.04 Å². The third kappa shape index (κ3) is 3.72. The summed E-state index contributed by atoms with van der Waals surface area (Å²) < 4.78 is 0. The molecule has 0 aromatic heterocycles. The first-order chi connectivity index (χ1) is 8.25. The molecule has 0 aromatic rings. The zero-order valence-electron chi connectivity index (χ0n) is 10.3. The van der Waals surface area contributed by atoms with Crippen molar-refractivity contribution < 1.29 is 9.59 Å². The maximum absolute atomic E-state index is 11.7. The molecule has 1 heterocycles. The minimum absolute atomic E-state index is 0.0227. The van der Waals surface area contributed by atoms with E-state index in [-0.39, 0.29) is 17.9 Å². The molecule has 1 saturated heterocycles. The van der Waals surface area contributed by atoms with Crippen molar-refractivity contribution in [2.45, 2.75) is 57.4 Å². The van der Waals surface area contributed by atoms with E-state index in [2.05, 4.69) is 10.6 Å². The quantitative estimate of drug-likeness (QED) is 0.776. The largest absolute Gasteiger partial charge is 0.354 e. The van der Waals surface area contributed by atoms with E-state index in [1.54, 1.807) is 0 Å². The lowest BCUT2D eigenvalue weighted by Crippen LogP contribution is -2.50. The molecule has 1 atom stereocenters. The summed E-state index contributed by atoms with van der Waals surface area (Å²) in [4.78, 5) is 23.2. The average Bonchev–Trinajstić information content (AvgIpc) is 2.82. The zero-order chi connectivity index (χ0) is 12.1. The van der Waals surface area contributed by atoms with Gasteiger partial charge in [0.2, 0.25) is 11.8 Å². The molecule has 2 amide bonds. The van der Waals surface area contributed by atoms with Gasteiger partial charge in [-0.25, -0.2) is 0 Å². The van der Waals surface area contributed by atoms with Gasteiger partial charge in [-0.1, -0.05) is 25.7 Å². The molecule has 2 aliphatic rings. The van der Waals surface area contributed by atoms with Crippen LogP contribution in [0.1, 0.15) is 51.4 Å².